The lowest BCUT2D eigenvalue weighted by atomic mass is 10.3. The van der Waals surface area contributed by atoms with Crippen molar-refractivity contribution < 1.29 is 13.5 Å². The van der Waals surface area contributed by atoms with Gasteiger partial charge in [0, 0.05) is 10.0 Å². The highest BCUT2D eigenvalue weighted by molar-refractivity contribution is 9.10. The predicted molar refractivity (Wildman–Crippen MR) is 54.5 cm³/mol. The van der Waals surface area contributed by atoms with E-state index in [1.807, 2.05) is 0 Å². The molecule has 0 saturated carbocycles. The second-order valence-electron chi connectivity index (χ2n) is 2.37. The van der Waals surface area contributed by atoms with E-state index in [-0.39, 0.29) is 12.4 Å². The lowest BCUT2D eigenvalue weighted by Gasteiger charge is -2.05. The van der Waals surface area contributed by atoms with E-state index in [1.165, 1.54) is 17.7 Å². The monoisotopic (exact) mass is 282 g/mol. The molecule has 0 aromatic heterocycles. The fourth-order valence-electron chi connectivity index (χ4n) is 0.812. The molecule has 1 aromatic rings. The molecule has 0 spiro atoms. The number of halogens is 4. The molecule has 0 heterocycles. The highest BCUT2D eigenvalue weighted by Gasteiger charge is 2.10. The van der Waals surface area contributed by atoms with Crippen LogP contribution in [-0.4, -0.2) is 6.61 Å². The van der Waals surface area contributed by atoms with Crippen LogP contribution in [0.5, 0.6) is 5.75 Å². The average molecular weight is 283 g/mol. The van der Waals surface area contributed by atoms with E-state index in [1.54, 1.807) is 0 Å². The number of ether oxygens (including phenoxy) is 1. The lowest BCUT2D eigenvalue weighted by Crippen LogP contribution is -1.97. The van der Waals surface area contributed by atoms with Gasteiger partial charge in [-0.1, -0.05) is 27.5 Å². The van der Waals surface area contributed by atoms with Crippen LogP contribution >= 0.6 is 27.5 Å². The molecule has 0 amide bonds. The third-order valence-corrected chi connectivity index (χ3v) is 2.02. The van der Waals surface area contributed by atoms with Gasteiger partial charge in [-0.3, -0.25) is 0 Å². The molecule has 14 heavy (non-hydrogen) atoms. The zero-order chi connectivity index (χ0) is 10.6. The molecular formula is C9H6BrClF2O. The number of hydrogen-bond donors (Lipinski definition) is 0. The number of hydrogen-bond acceptors (Lipinski definition) is 1. The van der Waals surface area contributed by atoms with E-state index in [0.717, 1.165) is 6.07 Å². The molecule has 0 unspecified atom stereocenters. The first kappa shape index (κ1) is 11.5. The van der Waals surface area contributed by atoms with E-state index in [4.69, 9.17) is 16.3 Å². The second-order valence-corrected chi connectivity index (χ2v) is 3.54. The summed E-state index contributed by atoms with van der Waals surface area (Å²) in [4.78, 5) is 0. The van der Waals surface area contributed by atoms with Crippen molar-refractivity contribution in [2.24, 2.45) is 0 Å². The van der Waals surface area contributed by atoms with Gasteiger partial charge in [0.2, 0.25) is 5.82 Å². The molecule has 0 aliphatic heterocycles. The molecule has 0 aliphatic rings. The second kappa shape index (κ2) is 5.32. The van der Waals surface area contributed by atoms with Gasteiger partial charge >= 0.3 is 0 Å². The van der Waals surface area contributed by atoms with Gasteiger partial charge in [-0.25, -0.2) is 4.39 Å². The number of benzene rings is 1. The van der Waals surface area contributed by atoms with Crippen molar-refractivity contribution in [3.63, 3.8) is 0 Å². The quantitative estimate of drug-likeness (QED) is 0.766. The van der Waals surface area contributed by atoms with Crippen molar-refractivity contribution in [3.8, 4) is 5.75 Å². The highest BCUT2D eigenvalue weighted by atomic mass is 79.9. The van der Waals surface area contributed by atoms with E-state index in [0.29, 0.717) is 4.47 Å². The van der Waals surface area contributed by atoms with Gasteiger partial charge in [-0.05, 0) is 18.2 Å². The summed E-state index contributed by atoms with van der Waals surface area (Å²) in [6.07, 6.45) is 1.47. The molecule has 1 nitrogen and oxygen atoms in total. The van der Waals surface area contributed by atoms with Gasteiger partial charge in [-0.15, -0.1) is 0 Å². The van der Waals surface area contributed by atoms with Gasteiger partial charge in [0.25, 0.3) is 0 Å². The molecule has 0 N–H and O–H groups in total. The van der Waals surface area contributed by atoms with Crippen LogP contribution in [0.2, 0.25) is 0 Å². The van der Waals surface area contributed by atoms with Crippen LogP contribution < -0.4 is 4.74 Å². The fourth-order valence-corrected chi connectivity index (χ4v) is 1.29. The largest absolute Gasteiger partial charge is 0.486 e. The molecule has 1 aromatic carbocycles. The van der Waals surface area contributed by atoms with Crippen LogP contribution in [-0.2, 0) is 0 Å². The summed E-state index contributed by atoms with van der Waals surface area (Å²) in [6, 6.07) is 2.38. The van der Waals surface area contributed by atoms with Crippen molar-refractivity contribution in [2.45, 2.75) is 0 Å². The summed E-state index contributed by atoms with van der Waals surface area (Å²) < 4.78 is 31.2. The lowest BCUT2D eigenvalue weighted by molar-refractivity contribution is 0.332. The Balaban J connectivity index is 2.85. The van der Waals surface area contributed by atoms with Gasteiger partial charge in [-0.2, -0.15) is 4.39 Å². The predicted octanol–water partition coefficient (Wildman–Crippen LogP) is 3.86. The maximum absolute atomic E-state index is 13.0. The standard InChI is InChI=1S/C9H6BrClF2O/c10-6-4-7(12)9(13)8(5-6)14-3-1-2-11/h1-2,4-5H,3H2/b2-1+. The summed E-state index contributed by atoms with van der Waals surface area (Å²) in [5.41, 5.74) is 1.24. The Morgan fingerprint density at radius 1 is 1.43 bits per heavy atom. The molecule has 0 aliphatic carbocycles. The molecule has 0 fully saturated rings. The van der Waals surface area contributed by atoms with Crippen molar-refractivity contribution in [3.05, 3.63) is 39.9 Å². The first-order valence-electron chi connectivity index (χ1n) is 3.67. The van der Waals surface area contributed by atoms with Gasteiger partial charge in [0.15, 0.2) is 11.6 Å². The summed E-state index contributed by atoms with van der Waals surface area (Å²) in [6.45, 7) is 0.0936. The molecule has 0 radical (unpaired) electrons. The summed E-state index contributed by atoms with van der Waals surface area (Å²) in [5.74, 6) is -2.10. The zero-order valence-corrected chi connectivity index (χ0v) is 9.28. The van der Waals surface area contributed by atoms with Gasteiger partial charge < -0.3 is 4.74 Å². The summed E-state index contributed by atoms with van der Waals surface area (Å²) in [5, 5.41) is 0. The first-order chi connectivity index (χ1) is 6.65. The Labute approximate surface area is 93.5 Å². The van der Waals surface area contributed by atoms with Crippen LogP contribution in [0.4, 0.5) is 8.78 Å². The molecule has 0 saturated heterocycles. The third kappa shape index (κ3) is 2.96. The van der Waals surface area contributed by atoms with E-state index >= 15 is 0 Å². The van der Waals surface area contributed by atoms with E-state index < -0.39 is 11.6 Å². The Hall–Kier alpha value is -0.610. The Kier molecular flexibility index (Phi) is 4.35. The fraction of sp³-hybridized carbons (Fsp3) is 0.111. The maximum Gasteiger partial charge on any atom is 0.200 e. The summed E-state index contributed by atoms with van der Waals surface area (Å²) >= 11 is 8.26. The first-order valence-corrected chi connectivity index (χ1v) is 4.90. The average Bonchev–Trinajstić information content (AvgIpc) is 2.13. The minimum atomic E-state index is -1.00. The van der Waals surface area contributed by atoms with Gasteiger partial charge in [0.1, 0.15) is 6.61 Å². The number of rotatable bonds is 3. The Morgan fingerprint density at radius 3 is 2.79 bits per heavy atom. The normalized spacial score (nSPS) is 10.9. The molecule has 76 valence electrons. The van der Waals surface area contributed by atoms with Crippen molar-refractivity contribution in [2.75, 3.05) is 6.61 Å². The molecule has 0 bridgehead atoms. The molecular weight excluding hydrogens is 277 g/mol. The van der Waals surface area contributed by atoms with Crippen LogP contribution in [0.1, 0.15) is 0 Å². The minimum absolute atomic E-state index is 0.0936. The summed E-state index contributed by atoms with van der Waals surface area (Å²) in [7, 11) is 0. The highest BCUT2D eigenvalue weighted by Crippen LogP contribution is 2.25. The van der Waals surface area contributed by atoms with Crippen molar-refractivity contribution in [1.82, 2.24) is 0 Å². The van der Waals surface area contributed by atoms with Gasteiger partial charge in [0.05, 0.1) is 0 Å². The Morgan fingerprint density at radius 2 is 2.14 bits per heavy atom. The van der Waals surface area contributed by atoms with Crippen molar-refractivity contribution >= 4 is 27.5 Å². The van der Waals surface area contributed by atoms with E-state index in [9.17, 15) is 8.78 Å². The Bertz CT molecular complexity index is 355. The minimum Gasteiger partial charge on any atom is -0.486 e. The maximum atomic E-state index is 13.0. The van der Waals surface area contributed by atoms with Crippen LogP contribution in [0.25, 0.3) is 0 Å². The van der Waals surface area contributed by atoms with Crippen molar-refractivity contribution in [1.29, 1.82) is 0 Å². The molecule has 1 rings (SSSR count). The van der Waals surface area contributed by atoms with Crippen LogP contribution in [0.15, 0.2) is 28.2 Å². The third-order valence-electron chi connectivity index (χ3n) is 1.38. The zero-order valence-electron chi connectivity index (χ0n) is 6.94. The topological polar surface area (TPSA) is 9.23 Å². The van der Waals surface area contributed by atoms with Crippen LogP contribution in [0.3, 0.4) is 0 Å². The van der Waals surface area contributed by atoms with E-state index in [2.05, 4.69) is 15.9 Å². The smallest absolute Gasteiger partial charge is 0.200 e. The SMILES string of the molecule is Fc1cc(Br)cc(OC/C=C/Cl)c1F. The molecule has 5 heteroatoms. The van der Waals surface area contributed by atoms with Crippen LogP contribution in [0, 0.1) is 11.6 Å². The molecule has 0 atom stereocenters.